The molecule has 0 unspecified atom stereocenters. The van der Waals surface area contributed by atoms with Gasteiger partial charge in [-0.1, -0.05) is 0 Å². The summed E-state index contributed by atoms with van der Waals surface area (Å²) in [4.78, 5) is 7.71. The van der Waals surface area contributed by atoms with Crippen molar-refractivity contribution in [1.29, 1.82) is 0 Å². The molecule has 0 fully saturated rings. The van der Waals surface area contributed by atoms with Gasteiger partial charge < -0.3 is 5.73 Å². The standard InChI is InChI=1S/C9H8F3N5S/c1-17-8(14-4-15-17)18-7-3-5(9(10,11)12)2-6(13)16-7/h2-4H,1H3,(H2,13,16). The van der Waals surface area contributed by atoms with Crippen molar-refractivity contribution in [3.05, 3.63) is 24.0 Å². The summed E-state index contributed by atoms with van der Waals surface area (Å²) >= 11 is 0.964. The van der Waals surface area contributed by atoms with Crippen LogP contribution in [0.4, 0.5) is 19.0 Å². The third kappa shape index (κ3) is 2.73. The first-order valence-corrected chi connectivity index (χ1v) is 5.54. The van der Waals surface area contributed by atoms with Gasteiger partial charge in [-0.05, 0) is 23.9 Å². The summed E-state index contributed by atoms with van der Waals surface area (Å²) in [5.41, 5.74) is 4.52. The Morgan fingerprint density at radius 1 is 1.33 bits per heavy atom. The fourth-order valence-corrected chi connectivity index (χ4v) is 2.02. The summed E-state index contributed by atoms with van der Waals surface area (Å²) in [5, 5.41) is 4.37. The molecule has 0 aliphatic rings. The van der Waals surface area contributed by atoms with Crippen molar-refractivity contribution < 1.29 is 13.2 Å². The first-order chi connectivity index (χ1) is 8.36. The summed E-state index contributed by atoms with van der Waals surface area (Å²) in [6, 6.07) is 1.72. The molecule has 2 aromatic rings. The minimum Gasteiger partial charge on any atom is -0.384 e. The fraction of sp³-hybridized carbons (Fsp3) is 0.222. The molecule has 2 heterocycles. The van der Waals surface area contributed by atoms with Crippen LogP contribution in [0.15, 0.2) is 28.6 Å². The van der Waals surface area contributed by atoms with Crippen LogP contribution in [0.25, 0.3) is 0 Å². The highest BCUT2D eigenvalue weighted by Crippen LogP contribution is 2.33. The molecular formula is C9H8F3N5S. The quantitative estimate of drug-likeness (QED) is 0.907. The van der Waals surface area contributed by atoms with Gasteiger partial charge in [-0.3, -0.25) is 0 Å². The third-order valence-electron chi connectivity index (χ3n) is 2.01. The van der Waals surface area contributed by atoms with Crippen molar-refractivity contribution in [3.63, 3.8) is 0 Å². The van der Waals surface area contributed by atoms with Gasteiger partial charge in [0.25, 0.3) is 0 Å². The van der Waals surface area contributed by atoms with Crippen molar-refractivity contribution in [2.75, 3.05) is 5.73 Å². The molecule has 0 saturated carbocycles. The zero-order chi connectivity index (χ0) is 13.3. The van der Waals surface area contributed by atoms with Crippen molar-refractivity contribution in [2.24, 2.45) is 7.05 Å². The van der Waals surface area contributed by atoms with Crippen LogP contribution < -0.4 is 5.73 Å². The van der Waals surface area contributed by atoms with E-state index in [1.54, 1.807) is 7.05 Å². The topological polar surface area (TPSA) is 69.6 Å². The van der Waals surface area contributed by atoms with Crippen LogP contribution in [0.5, 0.6) is 0 Å². The highest BCUT2D eigenvalue weighted by Gasteiger charge is 2.31. The van der Waals surface area contributed by atoms with E-state index in [2.05, 4.69) is 15.1 Å². The number of hydrogen-bond acceptors (Lipinski definition) is 5. The summed E-state index contributed by atoms with van der Waals surface area (Å²) in [6.07, 6.45) is -3.15. The molecule has 0 aliphatic heterocycles. The predicted molar refractivity (Wildman–Crippen MR) is 58.8 cm³/mol. The van der Waals surface area contributed by atoms with E-state index < -0.39 is 11.7 Å². The van der Waals surface area contributed by atoms with E-state index in [4.69, 9.17) is 5.73 Å². The van der Waals surface area contributed by atoms with Crippen LogP contribution in [0.3, 0.4) is 0 Å². The van der Waals surface area contributed by atoms with Gasteiger partial charge in [-0.25, -0.2) is 14.6 Å². The molecule has 0 atom stereocenters. The van der Waals surface area contributed by atoms with Gasteiger partial charge in [0, 0.05) is 7.05 Å². The number of aryl methyl sites for hydroxylation is 1. The molecule has 0 aliphatic carbocycles. The van der Waals surface area contributed by atoms with Crippen LogP contribution in [0.1, 0.15) is 5.56 Å². The SMILES string of the molecule is Cn1ncnc1Sc1cc(C(F)(F)F)cc(N)n1. The van der Waals surface area contributed by atoms with E-state index in [9.17, 15) is 13.2 Å². The van der Waals surface area contributed by atoms with E-state index in [-0.39, 0.29) is 10.8 Å². The van der Waals surface area contributed by atoms with E-state index >= 15 is 0 Å². The Balaban J connectivity index is 2.35. The zero-order valence-electron chi connectivity index (χ0n) is 9.14. The van der Waals surface area contributed by atoms with Crippen LogP contribution >= 0.6 is 11.8 Å². The minimum atomic E-state index is -4.45. The second kappa shape index (κ2) is 4.48. The maximum absolute atomic E-state index is 12.6. The number of aromatic nitrogens is 4. The van der Waals surface area contributed by atoms with Crippen LogP contribution in [-0.4, -0.2) is 19.7 Å². The molecule has 0 spiro atoms. The van der Waals surface area contributed by atoms with Gasteiger partial charge in [0.2, 0.25) is 0 Å². The predicted octanol–water partition coefficient (Wildman–Crippen LogP) is 1.96. The average molecular weight is 275 g/mol. The number of anilines is 1. The minimum absolute atomic E-state index is 0.124. The second-order valence-corrected chi connectivity index (χ2v) is 4.37. The van der Waals surface area contributed by atoms with Gasteiger partial charge in [-0.15, -0.1) is 0 Å². The number of alkyl halides is 3. The summed E-state index contributed by atoms with van der Waals surface area (Å²) < 4.78 is 39.2. The summed E-state index contributed by atoms with van der Waals surface area (Å²) in [5.74, 6) is -0.186. The van der Waals surface area contributed by atoms with Gasteiger partial charge in [0.1, 0.15) is 17.2 Å². The molecule has 2 aromatic heterocycles. The van der Waals surface area contributed by atoms with Gasteiger partial charge >= 0.3 is 6.18 Å². The Morgan fingerprint density at radius 3 is 2.61 bits per heavy atom. The summed E-state index contributed by atoms with van der Waals surface area (Å²) in [6.45, 7) is 0. The van der Waals surface area contributed by atoms with E-state index in [0.29, 0.717) is 5.16 Å². The maximum atomic E-state index is 12.6. The first-order valence-electron chi connectivity index (χ1n) is 4.73. The number of nitrogens with zero attached hydrogens (tertiary/aromatic N) is 4. The van der Waals surface area contributed by atoms with Crippen LogP contribution in [0.2, 0.25) is 0 Å². The number of rotatable bonds is 2. The van der Waals surface area contributed by atoms with Gasteiger partial charge in [0.15, 0.2) is 5.16 Å². The number of nitrogen functional groups attached to an aromatic ring is 1. The smallest absolute Gasteiger partial charge is 0.384 e. The molecule has 2 rings (SSSR count). The highest BCUT2D eigenvalue weighted by atomic mass is 32.2. The molecule has 0 bridgehead atoms. The lowest BCUT2D eigenvalue weighted by atomic mass is 10.2. The van der Waals surface area contributed by atoms with E-state index in [1.807, 2.05) is 0 Å². The van der Waals surface area contributed by atoms with E-state index in [0.717, 1.165) is 23.9 Å². The molecule has 9 heteroatoms. The number of halogens is 3. The molecule has 2 N–H and O–H groups in total. The fourth-order valence-electron chi connectivity index (χ4n) is 1.21. The number of hydrogen-bond donors (Lipinski definition) is 1. The molecule has 0 amide bonds. The third-order valence-corrected chi connectivity index (χ3v) is 2.99. The average Bonchev–Trinajstić information content (AvgIpc) is 2.62. The second-order valence-electron chi connectivity index (χ2n) is 3.38. The number of pyridine rings is 1. The first kappa shape index (κ1) is 12.7. The molecule has 0 radical (unpaired) electrons. The molecular weight excluding hydrogens is 267 g/mol. The Labute approximate surface area is 104 Å². The van der Waals surface area contributed by atoms with E-state index in [1.165, 1.54) is 11.0 Å². The Bertz CT molecular complexity index is 566. The Kier molecular flexibility index (Phi) is 3.16. The van der Waals surface area contributed by atoms with Crippen molar-refractivity contribution in [1.82, 2.24) is 19.7 Å². The molecule has 5 nitrogen and oxygen atoms in total. The lowest BCUT2D eigenvalue weighted by Gasteiger charge is -2.09. The lowest BCUT2D eigenvalue weighted by Crippen LogP contribution is -2.07. The Morgan fingerprint density at radius 2 is 2.06 bits per heavy atom. The monoisotopic (exact) mass is 275 g/mol. The lowest BCUT2D eigenvalue weighted by molar-refractivity contribution is -0.137. The van der Waals surface area contributed by atoms with Crippen molar-refractivity contribution >= 4 is 17.6 Å². The van der Waals surface area contributed by atoms with Crippen LogP contribution in [0, 0.1) is 0 Å². The maximum Gasteiger partial charge on any atom is 0.416 e. The Hall–Kier alpha value is -1.77. The zero-order valence-corrected chi connectivity index (χ0v) is 9.96. The summed E-state index contributed by atoms with van der Waals surface area (Å²) in [7, 11) is 1.63. The highest BCUT2D eigenvalue weighted by molar-refractivity contribution is 7.99. The van der Waals surface area contributed by atoms with Crippen LogP contribution in [-0.2, 0) is 13.2 Å². The molecule has 0 aromatic carbocycles. The molecule has 0 saturated heterocycles. The molecule has 18 heavy (non-hydrogen) atoms. The number of nitrogens with two attached hydrogens (primary N) is 1. The van der Waals surface area contributed by atoms with Gasteiger partial charge in [0.05, 0.1) is 5.56 Å². The van der Waals surface area contributed by atoms with Gasteiger partial charge in [-0.2, -0.15) is 18.3 Å². The molecule has 96 valence electrons. The van der Waals surface area contributed by atoms with Crippen molar-refractivity contribution in [3.8, 4) is 0 Å². The van der Waals surface area contributed by atoms with Crippen molar-refractivity contribution in [2.45, 2.75) is 16.4 Å². The largest absolute Gasteiger partial charge is 0.416 e. The normalized spacial score (nSPS) is 11.8.